The molecule has 9 heteroatoms. The van der Waals surface area contributed by atoms with E-state index in [1.54, 1.807) is 30.3 Å². The average molecular weight is 432 g/mol. The van der Waals surface area contributed by atoms with Gasteiger partial charge in [0.05, 0.1) is 23.9 Å². The van der Waals surface area contributed by atoms with Gasteiger partial charge in [-0.3, -0.25) is 14.5 Å². The van der Waals surface area contributed by atoms with E-state index in [9.17, 15) is 14.4 Å². The smallest absolute Gasteiger partial charge is 0.322 e. The molecule has 160 valence electrons. The lowest BCUT2D eigenvalue weighted by atomic mass is 9.95. The fourth-order valence-corrected chi connectivity index (χ4v) is 3.68. The van der Waals surface area contributed by atoms with E-state index in [0.29, 0.717) is 29.4 Å². The van der Waals surface area contributed by atoms with Gasteiger partial charge in [-0.2, -0.15) is 0 Å². The van der Waals surface area contributed by atoms with E-state index in [1.165, 1.54) is 9.80 Å². The average Bonchev–Trinajstić information content (AvgIpc) is 3.00. The molecule has 0 radical (unpaired) electrons. The molecule has 1 unspecified atom stereocenters. The van der Waals surface area contributed by atoms with Gasteiger partial charge >= 0.3 is 6.03 Å². The molecule has 1 aromatic rings. The van der Waals surface area contributed by atoms with Gasteiger partial charge < -0.3 is 20.4 Å². The number of benzene rings is 1. The third-order valence-electron chi connectivity index (χ3n) is 5.03. The zero-order valence-corrected chi connectivity index (χ0v) is 17.9. The van der Waals surface area contributed by atoms with E-state index in [0.717, 1.165) is 5.56 Å². The van der Waals surface area contributed by atoms with Crippen LogP contribution in [-0.2, 0) is 9.59 Å². The molecule has 1 aromatic carbocycles. The van der Waals surface area contributed by atoms with E-state index in [1.807, 2.05) is 19.0 Å². The van der Waals surface area contributed by atoms with Crippen molar-refractivity contribution in [3.63, 3.8) is 0 Å². The number of carbonyl (C=O) groups is 3. The van der Waals surface area contributed by atoms with Gasteiger partial charge in [0.25, 0.3) is 5.91 Å². The molecule has 0 spiro atoms. The third kappa shape index (κ3) is 4.66. The number of likely N-dealkylation sites (N-methyl/N-ethyl adjacent to an activating group) is 1. The molecule has 2 aliphatic rings. The van der Waals surface area contributed by atoms with Crippen LogP contribution in [0.1, 0.15) is 11.6 Å². The highest BCUT2D eigenvalue weighted by atomic mass is 35.5. The molecule has 0 aromatic heterocycles. The first-order valence-electron chi connectivity index (χ1n) is 9.70. The lowest BCUT2D eigenvalue weighted by Crippen LogP contribution is -2.47. The molecule has 2 N–H and O–H groups in total. The number of urea groups is 1. The summed E-state index contributed by atoms with van der Waals surface area (Å²) in [6.45, 7) is 5.30. The van der Waals surface area contributed by atoms with Crippen molar-refractivity contribution in [2.24, 2.45) is 0 Å². The highest BCUT2D eigenvalue weighted by molar-refractivity contribution is 6.30. The number of halogens is 1. The van der Waals surface area contributed by atoms with Crippen LogP contribution in [0.2, 0.25) is 5.02 Å². The summed E-state index contributed by atoms with van der Waals surface area (Å²) in [6.07, 6.45) is 1.61. The van der Waals surface area contributed by atoms with Gasteiger partial charge in [0, 0.05) is 24.7 Å². The van der Waals surface area contributed by atoms with Crippen molar-refractivity contribution >= 4 is 29.4 Å². The third-order valence-corrected chi connectivity index (χ3v) is 5.28. The van der Waals surface area contributed by atoms with Crippen LogP contribution in [0.15, 0.2) is 48.2 Å². The van der Waals surface area contributed by atoms with Gasteiger partial charge in [-0.05, 0) is 31.8 Å². The molecule has 30 heavy (non-hydrogen) atoms. The monoisotopic (exact) mass is 431 g/mol. The number of hydrogen-bond acceptors (Lipinski definition) is 4. The highest BCUT2D eigenvalue weighted by Gasteiger charge is 2.44. The normalized spacial score (nSPS) is 18.6. The fraction of sp³-hybridized carbons (Fsp3) is 0.381. The molecule has 0 bridgehead atoms. The lowest BCUT2D eigenvalue weighted by Gasteiger charge is -2.33. The highest BCUT2D eigenvalue weighted by Crippen LogP contribution is 2.36. The van der Waals surface area contributed by atoms with Crippen LogP contribution < -0.4 is 10.6 Å². The summed E-state index contributed by atoms with van der Waals surface area (Å²) in [7, 11) is 3.84. The van der Waals surface area contributed by atoms with Gasteiger partial charge in [0.1, 0.15) is 6.54 Å². The van der Waals surface area contributed by atoms with Gasteiger partial charge in [-0.25, -0.2) is 4.79 Å². The van der Waals surface area contributed by atoms with Gasteiger partial charge in [0.2, 0.25) is 5.91 Å². The molecule has 0 aliphatic carbocycles. The number of carbonyl (C=O) groups excluding carboxylic acids is 3. The predicted molar refractivity (Wildman–Crippen MR) is 115 cm³/mol. The molecular formula is C21H26ClN5O3. The van der Waals surface area contributed by atoms with Crippen LogP contribution in [0.5, 0.6) is 0 Å². The van der Waals surface area contributed by atoms with Crippen molar-refractivity contribution in [2.75, 3.05) is 46.8 Å². The Balaban J connectivity index is 1.82. The molecular weight excluding hydrogens is 406 g/mol. The second kappa shape index (κ2) is 9.32. The Hall–Kier alpha value is -2.84. The summed E-state index contributed by atoms with van der Waals surface area (Å²) in [4.78, 5) is 43.2. The van der Waals surface area contributed by atoms with Gasteiger partial charge in [-0.1, -0.05) is 29.8 Å². The molecule has 0 fully saturated rings. The Bertz CT molecular complexity index is 881. The summed E-state index contributed by atoms with van der Waals surface area (Å²) in [5.74, 6) is -0.496. The molecule has 4 amide bonds. The van der Waals surface area contributed by atoms with Crippen LogP contribution in [0.4, 0.5) is 4.79 Å². The minimum atomic E-state index is -0.597. The lowest BCUT2D eigenvalue weighted by molar-refractivity contribution is -0.131. The Morgan fingerprint density at radius 3 is 2.67 bits per heavy atom. The fourth-order valence-electron chi connectivity index (χ4n) is 3.55. The summed E-state index contributed by atoms with van der Waals surface area (Å²) in [6, 6.07) is 6.10. The largest absolute Gasteiger partial charge is 0.353 e. The van der Waals surface area contributed by atoms with E-state index in [-0.39, 0.29) is 37.5 Å². The molecule has 8 nitrogen and oxygen atoms in total. The second-order valence-electron chi connectivity index (χ2n) is 7.51. The van der Waals surface area contributed by atoms with Crippen molar-refractivity contribution in [2.45, 2.75) is 6.04 Å². The second-order valence-corrected chi connectivity index (χ2v) is 7.94. The van der Waals surface area contributed by atoms with Crippen molar-refractivity contribution in [1.82, 2.24) is 25.3 Å². The molecule has 2 heterocycles. The van der Waals surface area contributed by atoms with Crippen molar-refractivity contribution in [3.05, 3.63) is 58.8 Å². The van der Waals surface area contributed by atoms with Crippen LogP contribution in [-0.4, -0.2) is 79.4 Å². The van der Waals surface area contributed by atoms with Crippen molar-refractivity contribution < 1.29 is 14.4 Å². The first kappa shape index (κ1) is 21.9. The van der Waals surface area contributed by atoms with Crippen molar-refractivity contribution in [3.8, 4) is 0 Å². The quantitative estimate of drug-likeness (QED) is 0.609. The molecule has 0 saturated heterocycles. The van der Waals surface area contributed by atoms with E-state index in [4.69, 9.17) is 11.6 Å². The summed E-state index contributed by atoms with van der Waals surface area (Å²) < 4.78 is 0. The predicted octanol–water partition coefficient (Wildman–Crippen LogP) is 1.37. The first-order chi connectivity index (χ1) is 14.3. The Morgan fingerprint density at radius 1 is 1.33 bits per heavy atom. The molecule has 3 rings (SSSR count). The van der Waals surface area contributed by atoms with Crippen molar-refractivity contribution in [1.29, 1.82) is 0 Å². The van der Waals surface area contributed by atoms with E-state index in [2.05, 4.69) is 17.2 Å². The number of nitrogens with zero attached hydrogens (tertiary/aromatic N) is 3. The minimum absolute atomic E-state index is 0.0667. The van der Waals surface area contributed by atoms with E-state index < -0.39 is 6.04 Å². The molecule has 0 saturated carbocycles. The van der Waals surface area contributed by atoms with E-state index >= 15 is 0 Å². The number of hydrogen-bond donors (Lipinski definition) is 2. The maximum Gasteiger partial charge on any atom is 0.322 e. The Kier molecular flexibility index (Phi) is 6.79. The topological polar surface area (TPSA) is 85.0 Å². The Morgan fingerprint density at radius 2 is 2.03 bits per heavy atom. The van der Waals surface area contributed by atoms with Crippen LogP contribution in [0.25, 0.3) is 0 Å². The van der Waals surface area contributed by atoms with Crippen LogP contribution >= 0.6 is 11.6 Å². The zero-order chi connectivity index (χ0) is 21.8. The van der Waals surface area contributed by atoms with Gasteiger partial charge in [-0.15, -0.1) is 6.58 Å². The maximum absolute atomic E-state index is 13.2. The van der Waals surface area contributed by atoms with Gasteiger partial charge in [0.15, 0.2) is 0 Å². The molecule has 1 atom stereocenters. The Labute approximate surface area is 181 Å². The summed E-state index contributed by atoms with van der Waals surface area (Å²) in [5.41, 5.74) is 1.83. The standard InChI is InChI=1S/C21H26ClN5O3/c1-4-10-27-16-12-26(13-17(28)23-9-11-25(2)3)20(29)18(16)19(24-21(27)30)14-5-7-15(22)8-6-14/h4-8,19H,1,9-13H2,2-3H3,(H,23,28)(H,24,30). The minimum Gasteiger partial charge on any atom is -0.353 e. The maximum atomic E-state index is 13.2. The van der Waals surface area contributed by atoms with Crippen LogP contribution in [0, 0.1) is 0 Å². The number of rotatable bonds is 8. The molecule has 2 aliphatic heterocycles. The SMILES string of the molecule is C=CCN1C(=O)NC(c2ccc(Cl)cc2)C2=C1CN(CC(=O)NCCN(C)C)C2=O. The number of amides is 4. The zero-order valence-electron chi connectivity index (χ0n) is 17.2. The van der Waals surface area contributed by atoms with Crippen LogP contribution in [0.3, 0.4) is 0 Å². The summed E-state index contributed by atoms with van der Waals surface area (Å²) in [5, 5.41) is 6.28. The number of nitrogens with one attached hydrogen (secondary N) is 2. The summed E-state index contributed by atoms with van der Waals surface area (Å²) >= 11 is 5.98. The first-order valence-corrected chi connectivity index (χ1v) is 10.1.